The minimum Gasteiger partial charge on any atom is -0.405 e. The van der Waals surface area contributed by atoms with Crippen LogP contribution < -0.4 is 5.46 Å². The van der Waals surface area contributed by atoms with Crippen LogP contribution in [0.3, 0.4) is 0 Å². The van der Waals surface area contributed by atoms with Gasteiger partial charge >= 0.3 is 7.12 Å². The first-order chi connectivity index (χ1) is 9.43. The molecule has 0 saturated carbocycles. The molecule has 0 unspecified atom stereocenters. The summed E-state index contributed by atoms with van der Waals surface area (Å²) in [4.78, 5) is 11.8. The summed E-state index contributed by atoms with van der Waals surface area (Å²) in [5, 5.41) is 0. The van der Waals surface area contributed by atoms with Gasteiger partial charge in [-0.3, -0.25) is 4.79 Å². The Hall–Kier alpha value is -0.775. The van der Waals surface area contributed by atoms with Crippen molar-refractivity contribution in [2.45, 2.75) is 39.9 Å². The van der Waals surface area contributed by atoms with Gasteiger partial charge in [0.1, 0.15) is 0 Å². The number of thioether (sulfide) groups is 1. The van der Waals surface area contributed by atoms with Crippen molar-refractivity contribution < 1.29 is 14.1 Å². The van der Waals surface area contributed by atoms with Crippen LogP contribution in [0.4, 0.5) is 0 Å². The molecule has 1 aromatic carbocycles. The smallest absolute Gasteiger partial charge is 0.405 e. The zero-order valence-electron chi connectivity index (χ0n) is 12.9. The molecule has 20 heavy (non-hydrogen) atoms. The largest absolute Gasteiger partial charge is 0.494 e. The van der Waals surface area contributed by atoms with Gasteiger partial charge in [0.2, 0.25) is 0 Å². The summed E-state index contributed by atoms with van der Waals surface area (Å²) in [6, 6.07) is 7.49. The molecule has 0 heterocycles. The monoisotopic (exact) mass is 294 g/mol. The van der Waals surface area contributed by atoms with E-state index in [9.17, 15) is 4.79 Å². The van der Waals surface area contributed by atoms with E-state index in [0.29, 0.717) is 5.75 Å². The van der Waals surface area contributed by atoms with Crippen molar-refractivity contribution in [3.05, 3.63) is 29.8 Å². The lowest BCUT2D eigenvalue weighted by molar-refractivity contribution is 0.102. The maximum atomic E-state index is 11.8. The Balaban J connectivity index is 2.84. The van der Waals surface area contributed by atoms with Gasteiger partial charge in [0.25, 0.3) is 0 Å². The average Bonchev–Trinajstić information content (AvgIpc) is 2.37. The van der Waals surface area contributed by atoms with Crippen LogP contribution in [0.5, 0.6) is 0 Å². The topological polar surface area (TPSA) is 35.5 Å². The Morgan fingerprint density at radius 3 is 2.00 bits per heavy atom. The molecule has 5 heteroatoms. The summed E-state index contributed by atoms with van der Waals surface area (Å²) < 4.78 is 11.6. The number of carbonyl (C=O) groups excluding carboxylic acids is 1. The third-order valence-corrected chi connectivity index (χ3v) is 3.12. The lowest BCUT2D eigenvalue weighted by Crippen LogP contribution is -2.40. The lowest BCUT2D eigenvalue weighted by Gasteiger charge is -2.19. The molecule has 0 saturated heterocycles. The van der Waals surface area contributed by atoms with Gasteiger partial charge in [-0.05, 0) is 39.4 Å². The first kappa shape index (κ1) is 17.3. The Labute approximate surface area is 126 Å². The first-order valence-electron chi connectivity index (χ1n) is 6.87. The number of benzene rings is 1. The molecule has 0 amide bonds. The number of hydrogen-bond acceptors (Lipinski definition) is 4. The minimum absolute atomic E-state index is 0.0801. The van der Waals surface area contributed by atoms with Crippen molar-refractivity contribution in [2.24, 2.45) is 0 Å². The van der Waals surface area contributed by atoms with Crippen molar-refractivity contribution in [3.8, 4) is 0 Å². The molecule has 110 valence electrons. The van der Waals surface area contributed by atoms with Crippen molar-refractivity contribution >= 4 is 30.1 Å². The van der Waals surface area contributed by atoms with Gasteiger partial charge in [0.15, 0.2) is 5.78 Å². The molecule has 0 aromatic heterocycles. The molecule has 0 bridgehead atoms. The fraction of sp³-hybridized carbons (Fsp3) is 0.533. The van der Waals surface area contributed by atoms with Gasteiger partial charge < -0.3 is 9.31 Å². The summed E-state index contributed by atoms with van der Waals surface area (Å²) in [7, 11) is -0.389. The van der Waals surface area contributed by atoms with E-state index < -0.39 is 0 Å². The molecule has 0 N–H and O–H groups in total. The second-order valence-electron chi connectivity index (χ2n) is 5.18. The molecule has 0 aliphatic carbocycles. The molecule has 0 spiro atoms. The number of rotatable bonds is 8. The SMILES string of the molecule is CSCC(=O)c1ccc(B(OC(C)C)OC(C)C)cc1. The molecule has 0 radical (unpaired) electrons. The summed E-state index contributed by atoms with van der Waals surface area (Å²) in [6.45, 7) is 7.92. The molecule has 1 rings (SSSR count). The van der Waals surface area contributed by atoms with E-state index in [2.05, 4.69) is 0 Å². The highest BCUT2D eigenvalue weighted by Crippen LogP contribution is 2.06. The molecule has 0 fully saturated rings. The fourth-order valence-electron chi connectivity index (χ4n) is 1.72. The molecule has 3 nitrogen and oxygen atoms in total. The highest BCUT2D eigenvalue weighted by atomic mass is 32.2. The summed E-state index contributed by atoms with van der Waals surface area (Å²) in [6.07, 6.45) is 2.09. The predicted octanol–water partition coefficient (Wildman–Crippen LogP) is 2.78. The van der Waals surface area contributed by atoms with E-state index in [-0.39, 0.29) is 25.1 Å². The van der Waals surface area contributed by atoms with Gasteiger partial charge in [0, 0.05) is 17.8 Å². The lowest BCUT2D eigenvalue weighted by atomic mass is 9.77. The minimum atomic E-state index is -0.389. The van der Waals surface area contributed by atoms with Crippen LogP contribution in [-0.2, 0) is 9.31 Å². The maximum absolute atomic E-state index is 11.8. The van der Waals surface area contributed by atoms with Gasteiger partial charge in [-0.1, -0.05) is 24.3 Å². The molecule has 0 aliphatic heterocycles. The van der Waals surface area contributed by atoms with Crippen LogP contribution in [0.1, 0.15) is 38.1 Å². The van der Waals surface area contributed by atoms with E-state index in [0.717, 1.165) is 11.0 Å². The van der Waals surface area contributed by atoms with Crippen LogP contribution in [-0.4, -0.2) is 37.1 Å². The van der Waals surface area contributed by atoms with Crippen LogP contribution in [0.15, 0.2) is 24.3 Å². The summed E-state index contributed by atoms with van der Waals surface area (Å²) in [5.74, 6) is 0.656. The molecule has 0 aliphatic rings. The van der Waals surface area contributed by atoms with E-state index in [1.165, 1.54) is 11.8 Å². The van der Waals surface area contributed by atoms with Crippen molar-refractivity contribution in [3.63, 3.8) is 0 Å². The van der Waals surface area contributed by atoms with Crippen LogP contribution in [0.2, 0.25) is 0 Å². The predicted molar refractivity (Wildman–Crippen MR) is 87.0 cm³/mol. The van der Waals surface area contributed by atoms with E-state index in [4.69, 9.17) is 9.31 Å². The molecule has 1 aromatic rings. The second-order valence-corrected chi connectivity index (χ2v) is 6.05. The zero-order valence-corrected chi connectivity index (χ0v) is 13.7. The van der Waals surface area contributed by atoms with Crippen LogP contribution in [0.25, 0.3) is 0 Å². The fourth-order valence-corrected chi connectivity index (χ4v) is 2.15. The van der Waals surface area contributed by atoms with Gasteiger partial charge in [-0.25, -0.2) is 0 Å². The Morgan fingerprint density at radius 1 is 1.10 bits per heavy atom. The molecular formula is C15H23BO3S. The number of ketones is 1. The Bertz CT molecular complexity index is 408. The van der Waals surface area contributed by atoms with E-state index in [1.807, 2.05) is 58.2 Å². The quantitative estimate of drug-likeness (QED) is 0.545. The highest BCUT2D eigenvalue weighted by molar-refractivity contribution is 7.99. The number of Topliss-reactive ketones (excluding diaryl/α,β-unsaturated/α-hetero) is 1. The molecular weight excluding hydrogens is 271 g/mol. The standard InChI is InChI=1S/C15H23BO3S/c1-11(2)18-16(19-12(3)4)14-8-6-13(7-9-14)15(17)10-20-5/h6-9,11-12H,10H2,1-5H3. The second kappa shape index (κ2) is 8.50. The summed E-state index contributed by atoms with van der Waals surface area (Å²) in [5.41, 5.74) is 1.67. The van der Waals surface area contributed by atoms with Gasteiger partial charge in [-0.2, -0.15) is 11.8 Å². The van der Waals surface area contributed by atoms with Gasteiger partial charge in [0.05, 0.1) is 5.75 Å². The van der Waals surface area contributed by atoms with Crippen molar-refractivity contribution in [1.29, 1.82) is 0 Å². The Kier molecular flexibility index (Phi) is 7.34. The number of hydrogen-bond donors (Lipinski definition) is 0. The zero-order chi connectivity index (χ0) is 15.1. The first-order valence-corrected chi connectivity index (χ1v) is 8.26. The molecule has 0 atom stereocenters. The average molecular weight is 294 g/mol. The summed E-state index contributed by atoms with van der Waals surface area (Å²) >= 11 is 1.53. The highest BCUT2D eigenvalue weighted by Gasteiger charge is 2.24. The van der Waals surface area contributed by atoms with E-state index in [1.54, 1.807) is 0 Å². The van der Waals surface area contributed by atoms with Crippen molar-refractivity contribution in [1.82, 2.24) is 0 Å². The maximum Gasteiger partial charge on any atom is 0.494 e. The van der Waals surface area contributed by atoms with Crippen LogP contribution >= 0.6 is 11.8 Å². The van der Waals surface area contributed by atoms with Crippen molar-refractivity contribution in [2.75, 3.05) is 12.0 Å². The normalized spacial score (nSPS) is 11.2. The van der Waals surface area contributed by atoms with E-state index >= 15 is 0 Å². The number of carbonyl (C=O) groups is 1. The van der Waals surface area contributed by atoms with Crippen LogP contribution in [0, 0.1) is 0 Å². The third-order valence-electron chi connectivity index (χ3n) is 2.57. The van der Waals surface area contributed by atoms with Gasteiger partial charge in [-0.15, -0.1) is 0 Å². The Morgan fingerprint density at radius 2 is 1.60 bits per heavy atom. The third kappa shape index (κ3) is 5.69.